The fraction of sp³-hybridized carbons (Fsp3) is 0.381. The Balaban J connectivity index is 1.47. The minimum atomic E-state index is 0.225. The number of aromatic nitrogens is 3. The second kappa shape index (κ2) is 7.78. The Bertz CT molecular complexity index is 921. The van der Waals surface area contributed by atoms with Gasteiger partial charge in [-0.25, -0.2) is 4.98 Å². The van der Waals surface area contributed by atoms with Gasteiger partial charge in [-0.1, -0.05) is 37.3 Å². The van der Waals surface area contributed by atoms with Crippen LogP contribution in [-0.2, 0) is 4.79 Å². The Hall–Kier alpha value is -2.89. The number of amides is 1. The van der Waals surface area contributed by atoms with Gasteiger partial charge < -0.3 is 10.2 Å². The summed E-state index contributed by atoms with van der Waals surface area (Å²) in [5.41, 5.74) is 2.74. The van der Waals surface area contributed by atoms with Gasteiger partial charge in [0.2, 0.25) is 5.91 Å². The molecule has 1 aromatic carbocycles. The third kappa shape index (κ3) is 3.94. The second-order valence-corrected chi connectivity index (χ2v) is 7.26. The average molecular weight is 363 g/mol. The van der Waals surface area contributed by atoms with E-state index < -0.39 is 0 Å². The predicted octanol–water partition coefficient (Wildman–Crippen LogP) is 3.46. The molecule has 0 spiro atoms. The fourth-order valence-corrected chi connectivity index (χ4v) is 3.67. The van der Waals surface area contributed by atoms with Crippen LogP contribution in [0.3, 0.4) is 0 Å². The molecule has 27 heavy (non-hydrogen) atoms. The number of fused-ring (bicyclic) bond motifs is 1. The van der Waals surface area contributed by atoms with Crippen LogP contribution < -0.4 is 5.32 Å². The molecule has 4 rings (SSSR count). The Labute approximate surface area is 159 Å². The molecule has 1 N–H and O–H groups in total. The molecule has 6 heteroatoms. The highest BCUT2D eigenvalue weighted by Gasteiger charge is 2.20. The van der Waals surface area contributed by atoms with Crippen molar-refractivity contribution < 1.29 is 4.79 Å². The van der Waals surface area contributed by atoms with Crippen molar-refractivity contribution >= 4 is 17.4 Å². The molecule has 6 nitrogen and oxygen atoms in total. The van der Waals surface area contributed by atoms with Crippen molar-refractivity contribution in [2.75, 3.05) is 25.0 Å². The molecule has 1 fully saturated rings. The van der Waals surface area contributed by atoms with Crippen LogP contribution in [0.15, 0.2) is 48.7 Å². The lowest BCUT2D eigenvalue weighted by molar-refractivity contribution is -0.132. The Morgan fingerprint density at radius 1 is 1.26 bits per heavy atom. The van der Waals surface area contributed by atoms with E-state index in [2.05, 4.69) is 22.3 Å². The number of nitrogens with one attached hydrogen (secondary N) is 1. The summed E-state index contributed by atoms with van der Waals surface area (Å²) in [4.78, 5) is 19.2. The summed E-state index contributed by atoms with van der Waals surface area (Å²) in [5, 5.41) is 7.73. The number of hydrogen-bond donors (Lipinski definition) is 1. The molecule has 1 saturated heterocycles. The summed E-state index contributed by atoms with van der Waals surface area (Å²) in [6.07, 6.45) is 4.55. The minimum Gasteiger partial charge on any atom is -0.369 e. The zero-order chi connectivity index (χ0) is 18.6. The van der Waals surface area contributed by atoms with Gasteiger partial charge in [0.25, 0.3) is 0 Å². The van der Waals surface area contributed by atoms with E-state index in [9.17, 15) is 4.79 Å². The lowest BCUT2D eigenvalue weighted by Gasteiger charge is -2.31. The number of nitrogens with zero attached hydrogens (tertiary/aromatic N) is 4. The first-order chi connectivity index (χ1) is 13.2. The van der Waals surface area contributed by atoms with Gasteiger partial charge in [0.05, 0.1) is 11.9 Å². The van der Waals surface area contributed by atoms with Crippen molar-refractivity contribution in [1.29, 1.82) is 0 Å². The number of benzene rings is 1. The monoisotopic (exact) mass is 363 g/mol. The summed E-state index contributed by atoms with van der Waals surface area (Å²) in [5.74, 6) is 1.68. The number of likely N-dealkylation sites (tertiary alicyclic amines) is 1. The molecule has 0 aliphatic carbocycles. The van der Waals surface area contributed by atoms with Crippen molar-refractivity contribution in [3.63, 3.8) is 0 Å². The zero-order valence-corrected chi connectivity index (χ0v) is 15.6. The van der Waals surface area contributed by atoms with E-state index in [0.29, 0.717) is 18.9 Å². The van der Waals surface area contributed by atoms with Crippen LogP contribution in [0.25, 0.3) is 16.9 Å². The van der Waals surface area contributed by atoms with Crippen LogP contribution in [0.1, 0.15) is 26.2 Å². The summed E-state index contributed by atoms with van der Waals surface area (Å²) < 4.78 is 1.78. The van der Waals surface area contributed by atoms with Crippen LogP contribution in [0.4, 0.5) is 5.82 Å². The molecule has 1 aliphatic heterocycles. The van der Waals surface area contributed by atoms with E-state index in [0.717, 1.165) is 42.2 Å². The molecule has 3 heterocycles. The van der Waals surface area contributed by atoms with Gasteiger partial charge in [0.15, 0.2) is 5.65 Å². The van der Waals surface area contributed by atoms with Gasteiger partial charge in [-0.15, -0.1) is 0 Å². The maximum Gasteiger partial charge on any atom is 0.224 e. The Morgan fingerprint density at radius 3 is 2.93 bits per heavy atom. The number of rotatable bonds is 5. The maximum atomic E-state index is 12.5. The standard InChI is InChI=1S/C21H25N5O/c1-16-6-5-13-25(15-16)21(27)10-11-22-20-14-18(17-7-3-2-4-8-17)24-19-9-12-23-26(19)20/h2-4,7-9,12,14,16,22H,5-6,10-11,13,15H2,1H3. The quantitative estimate of drug-likeness (QED) is 0.754. The van der Waals surface area contributed by atoms with Crippen molar-refractivity contribution in [2.24, 2.45) is 5.92 Å². The zero-order valence-electron chi connectivity index (χ0n) is 15.6. The van der Waals surface area contributed by atoms with E-state index in [-0.39, 0.29) is 5.91 Å². The number of carbonyl (C=O) groups is 1. The van der Waals surface area contributed by atoms with Gasteiger partial charge in [-0.05, 0) is 18.8 Å². The summed E-state index contributed by atoms with van der Waals surface area (Å²) in [6, 6.07) is 14.0. The molecule has 3 aromatic rings. The first-order valence-electron chi connectivity index (χ1n) is 9.62. The number of carbonyl (C=O) groups excluding carboxylic acids is 1. The van der Waals surface area contributed by atoms with E-state index in [1.165, 1.54) is 6.42 Å². The molecule has 1 atom stereocenters. The molecular weight excluding hydrogens is 338 g/mol. The van der Waals surface area contributed by atoms with E-state index in [1.807, 2.05) is 47.4 Å². The van der Waals surface area contributed by atoms with Crippen LogP contribution in [0.5, 0.6) is 0 Å². The third-order valence-corrected chi connectivity index (χ3v) is 5.08. The van der Waals surface area contributed by atoms with Gasteiger partial charge in [-0.2, -0.15) is 9.61 Å². The average Bonchev–Trinajstić information content (AvgIpc) is 3.17. The highest BCUT2D eigenvalue weighted by atomic mass is 16.2. The molecule has 1 unspecified atom stereocenters. The van der Waals surface area contributed by atoms with Crippen molar-refractivity contribution in [3.8, 4) is 11.3 Å². The lowest BCUT2D eigenvalue weighted by Crippen LogP contribution is -2.39. The largest absolute Gasteiger partial charge is 0.369 e. The number of anilines is 1. The molecular formula is C21H25N5O. The van der Waals surface area contributed by atoms with Gasteiger partial charge in [0, 0.05) is 43.8 Å². The van der Waals surface area contributed by atoms with Gasteiger partial charge in [-0.3, -0.25) is 4.79 Å². The second-order valence-electron chi connectivity index (χ2n) is 7.26. The highest BCUT2D eigenvalue weighted by molar-refractivity contribution is 5.77. The van der Waals surface area contributed by atoms with Crippen molar-refractivity contribution in [1.82, 2.24) is 19.5 Å². The Kier molecular flexibility index (Phi) is 5.05. The predicted molar refractivity (Wildman–Crippen MR) is 107 cm³/mol. The molecule has 2 aromatic heterocycles. The fourth-order valence-electron chi connectivity index (χ4n) is 3.67. The smallest absolute Gasteiger partial charge is 0.224 e. The summed E-state index contributed by atoms with van der Waals surface area (Å²) in [6.45, 7) is 4.57. The van der Waals surface area contributed by atoms with E-state index in [1.54, 1.807) is 10.7 Å². The molecule has 0 saturated carbocycles. The minimum absolute atomic E-state index is 0.225. The molecule has 0 radical (unpaired) electrons. The van der Waals surface area contributed by atoms with Crippen LogP contribution in [0, 0.1) is 5.92 Å². The maximum absolute atomic E-state index is 12.5. The van der Waals surface area contributed by atoms with Crippen LogP contribution in [0.2, 0.25) is 0 Å². The lowest BCUT2D eigenvalue weighted by atomic mass is 10.00. The first-order valence-corrected chi connectivity index (χ1v) is 9.62. The number of piperidine rings is 1. The molecule has 0 bridgehead atoms. The number of hydrogen-bond acceptors (Lipinski definition) is 4. The van der Waals surface area contributed by atoms with Gasteiger partial charge in [0.1, 0.15) is 5.82 Å². The van der Waals surface area contributed by atoms with Crippen LogP contribution in [-0.4, -0.2) is 45.0 Å². The Morgan fingerprint density at radius 2 is 2.11 bits per heavy atom. The van der Waals surface area contributed by atoms with Gasteiger partial charge >= 0.3 is 0 Å². The van der Waals surface area contributed by atoms with E-state index >= 15 is 0 Å². The molecule has 1 amide bonds. The SMILES string of the molecule is CC1CCCN(C(=O)CCNc2cc(-c3ccccc3)nc3ccnn23)C1. The normalized spacial score (nSPS) is 17.2. The summed E-state index contributed by atoms with van der Waals surface area (Å²) >= 11 is 0. The first kappa shape index (κ1) is 17.5. The van der Waals surface area contributed by atoms with Crippen molar-refractivity contribution in [2.45, 2.75) is 26.2 Å². The molecule has 140 valence electrons. The third-order valence-electron chi connectivity index (χ3n) is 5.08. The molecule has 1 aliphatic rings. The summed E-state index contributed by atoms with van der Waals surface area (Å²) in [7, 11) is 0. The van der Waals surface area contributed by atoms with E-state index in [4.69, 9.17) is 0 Å². The topological polar surface area (TPSA) is 62.5 Å². The van der Waals surface area contributed by atoms with Crippen molar-refractivity contribution in [3.05, 3.63) is 48.7 Å². The van der Waals surface area contributed by atoms with Crippen LogP contribution >= 0.6 is 0 Å². The highest BCUT2D eigenvalue weighted by Crippen LogP contribution is 2.22.